The number of carboxylic acid groups (broad SMARTS) is 1. The number of aromatic carboxylic acids is 1. The van der Waals surface area contributed by atoms with Crippen molar-refractivity contribution < 1.29 is 9.90 Å². The predicted octanol–water partition coefficient (Wildman–Crippen LogP) is 4.37. The fourth-order valence-electron chi connectivity index (χ4n) is 2.47. The van der Waals surface area contributed by atoms with Crippen LogP contribution in [0, 0.1) is 11.7 Å². The molecule has 0 atom stereocenters. The number of nitrogens with one attached hydrogen (secondary N) is 1. The lowest BCUT2D eigenvalue weighted by Gasteiger charge is -2.08. The monoisotopic (exact) mass is 371 g/mol. The third-order valence-electron chi connectivity index (χ3n) is 3.86. The van der Waals surface area contributed by atoms with Crippen LogP contribution in [0.3, 0.4) is 0 Å². The summed E-state index contributed by atoms with van der Waals surface area (Å²) < 4.78 is 2.33. The van der Waals surface area contributed by atoms with Crippen LogP contribution in [0.5, 0.6) is 0 Å². The average molecular weight is 371 g/mol. The van der Waals surface area contributed by atoms with Crippen LogP contribution in [-0.2, 0) is 11.5 Å². The van der Waals surface area contributed by atoms with E-state index in [4.69, 9.17) is 17.3 Å². The Labute approximate surface area is 154 Å². The SMILES string of the molecule is Cc1ccccc1CSCc1n[nH]c(=S)n1-c1ccc(C(=O)O)cc1. The number of H-pyrrole nitrogens is 1. The molecule has 0 amide bonds. The summed E-state index contributed by atoms with van der Waals surface area (Å²) in [4.78, 5) is 11.0. The van der Waals surface area contributed by atoms with E-state index in [1.54, 1.807) is 36.0 Å². The number of hydrogen-bond donors (Lipinski definition) is 2. The van der Waals surface area contributed by atoms with E-state index in [1.165, 1.54) is 11.1 Å². The molecule has 0 fully saturated rings. The molecule has 7 heteroatoms. The van der Waals surface area contributed by atoms with E-state index >= 15 is 0 Å². The Bertz CT molecular complexity index is 945. The van der Waals surface area contributed by atoms with Gasteiger partial charge < -0.3 is 5.11 Å². The molecule has 25 heavy (non-hydrogen) atoms. The number of carbonyl (C=O) groups is 1. The molecule has 3 rings (SSSR count). The molecule has 0 bridgehead atoms. The summed E-state index contributed by atoms with van der Waals surface area (Å²) in [7, 11) is 0. The van der Waals surface area contributed by atoms with Gasteiger partial charge in [0.25, 0.3) is 0 Å². The molecule has 0 radical (unpaired) electrons. The van der Waals surface area contributed by atoms with E-state index in [0.29, 0.717) is 10.5 Å². The van der Waals surface area contributed by atoms with Crippen molar-refractivity contribution in [3.63, 3.8) is 0 Å². The van der Waals surface area contributed by atoms with E-state index in [9.17, 15) is 4.79 Å². The van der Waals surface area contributed by atoms with Crippen molar-refractivity contribution in [1.82, 2.24) is 14.8 Å². The summed E-state index contributed by atoms with van der Waals surface area (Å²) in [5, 5.41) is 16.1. The maximum Gasteiger partial charge on any atom is 0.335 e. The maximum absolute atomic E-state index is 11.0. The first kappa shape index (κ1) is 17.4. The van der Waals surface area contributed by atoms with Gasteiger partial charge in [-0.25, -0.2) is 4.79 Å². The van der Waals surface area contributed by atoms with Crippen molar-refractivity contribution in [1.29, 1.82) is 0 Å². The highest BCUT2D eigenvalue weighted by Crippen LogP contribution is 2.21. The largest absolute Gasteiger partial charge is 0.478 e. The standard InChI is InChI=1S/C18H17N3O2S2/c1-12-4-2-3-5-14(12)10-25-11-16-19-20-18(24)21(16)15-8-6-13(7-9-15)17(22)23/h2-9H,10-11H2,1H3,(H,20,24)(H,22,23). The minimum atomic E-state index is -0.948. The number of aromatic nitrogens is 3. The van der Waals surface area contributed by atoms with Crippen molar-refractivity contribution in [3.05, 3.63) is 75.8 Å². The topological polar surface area (TPSA) is 70.9 Å². The average Bonchev–Trinajstić information content (AvgIpc) is 2.97. The highest BCUT2D eigenvalue weighted by molar-refractivity contribution is 7.97. The lowest BCUT2D eigenvalue weighted by atomic mass is 10.1. The Morgan fingerprint density at radius 1 is 1.20 bits per heavy atom. The minimum Gasteiger partial charge on any atom is -0.478 e. The third kappa shape index (κ3) is 4.00. The van der Waals surface area contributed by atoms with Crippen molar-refractivity contribution >= 4 is 29.9 Å². The fourth-order valence-corrected chi connectivity index (χ4v) is 3.75. The Balaban J connectivity index is 1.76. The van der Waals surface area contributed by atoms with E-state index in [-0.39, 0.29) is 5.56 Å². The molecule has 0 aliphatic heterocycles. The van der Waals surface area contributed by atoms with Crippen molar-refractivity contribution in [2.24, 2.45) is 0 Å². The van der Waals surface area contributed by atoms with Gasteiger partial charge in [-0.2, -0.15) is 5.10 Å². The highest BCUT2D eigenvalue weighted by Gasteiger charge is 2.10. The van der Waals surface area contributed by atoms with Crippen molar-refractivity contribution in [2.45, 2.75) is 18.4 Å². The molecule has 1 heterocycles. The maximum atomic E-state index is 11.0. The van der Waals surface area contributed by atoms with Crippen LogP contribution < -0.4 is 0 Å². The number of thioether (sulfide) groups is 1. The van der Waals surface area contributed by atoms with Crippen LogP contribution >= 0.6 is 24.0 Å². The molecule has 5 nitrogen and oxygen atoms in total. The van der Waals surface area contributed by atoms with Gasteiger partial charge in [-0.15, -0.1) is 11.8 Å². The van der Waals surface area contributed by atoms with E-state index in [2.05, 4.69) is 29.3 Å². The number of nitrogens with zero attached hydrogens (tertiary/aromatic N) is 2. The zero-order chi connectivity index (χ0) is 17.8. The van der Waals surface area contributed by atoms with Gasteiger partial charge in [0.05, 0.1) is 11.3 Å². The van der Waals surface area contributed by atoms with Crippen LogP contribution in [-0.4, -0.2) is 25.8 Å². The van der Waals surface area contributed by atoms with E-state index < -0.39 is 5.97 Å². The quantitative estimate of drug-likeness (QED) is 0.630. The van der Waals surface area contributed by atoms with Crippen molar-refractivity contribution in [2.75, 3.05) is 0 Å². The van der Waals surface area contributed by atoms with Gasteiger partial charge in [0.15, 0.2) is 4.77 Å². The van der Waals surface area contributed by atoms with Gasteiger partial charge in [-0.05, 0) is 54.5 Å². The van der Waals surface area contributed by atoms with Gasteiger partial charge >= 0.3 is 5.97 Å². The normalized spacial score (nSPS) is 10.8. The van der Waals surface area contributed by atoms with Crippen LogP contribution in [0.15, 0.2) is 48.5 Å². The molecule has 0 spiro atoms. The lowest BCUT2D eigenvalue weighted by molar-refractivity contribution is 0.0697. The molecule has 128 valence electrons. The van der Waals surface area contributed by atoms with Gasteiger partial charge in [0.2, 0.25) is 0 Å². The van der Waals surface area contributed by atoms with Gasteiger partial charge in [0.1, 0.15) is 5.82 Å². The van der Waals surface area contributed by atoms with Gasteiger partial charge in [-0.3, -0.25) is 9.67 Å². The molecule has 0 unspecified atom stereocenters. The zero-order valence-corrected chi connectivity index (χ0v) is 15.2. The molecule has 2 aromatic carbocycles. The summed E-state index contributed by atoms with van der Waals surface area (Å²) >= 11 is 7.08. The first-order valence-electron chi connectivity index (χ1n) is 7.68. The van der Waals surface area contributed by atoms with Crippen molar-refractivity contribution in [3.8, 4) is 5.69 Å². The van der Waals surface area contributed by atoms with E-state index in [1.807, 2.05) is 16.7 Å². The minimum absolute atomic E-state index is 0.245. The van der Waals surface area contributed by atoms with E-state index in [0.717, 1.165) is 17.3 Å². The number of hydrogen-bond acceptors (Lipinski definition) is 4. The summed E-state index contributed by atoms with van der Waals surface area (Å²) in [5.41, 5.74) is 3.63. The number of carboxylic acids is 1. The Morgan fingerprint density at radius 3 is 2.60 bits per heavy atom. The number of rotatable bonds is 6. The smallest absolute Gasteiger partial charge is 0.335 e. The molecule has 0 aliphatic carbocycles. The second kappa shape index (κ2) is 7.67. The summed E-state index contributed by atoms with van der Waals surface area (Å²) in [6, 6.07) is 14.9. The molecule has 2 N–H and O–H groups in total. The van der Waals surface area contributed by atoms with Gasteiger partial charge in [-0.1, -0.05) is 24.3 Å². The zero-order valence-electron chi connectivity index (χ0n) is 13.6. The fraction of sp³-hybridized carbons (Fsp3) is 0.167. The first-order chi connectivity index (χ1) is 12.1. The number of aryl methyl sites for hydroxylation is 1. The lowest BCUT2D eigenvalue weighted by Crippen LogP contribution is -2.02. The second-order valence-corrected chi connectivity index (χ2v) is 6.92. The summed E-state index contributed by atoms with van der Waals surface area (Å²) in [6.45, 7) is 2.11. The first-order valence-corrected chi connectivity index (χ1v) is 9.25. The number of benzene rings is 2. The van der Waals surface area contributed by atoms with Crippen LogP contribution in [0.4, 0.5) is 0 Å². The molecule has 1 aromatic heterocycles. The van der Waals surface area contributed by atoms with Gasteiger partial charge in [0, 0.05) is 11.4 Å². The predicted molar refractivity (Wildman–Crippen MR) is 102 cm³/mol. The Hall–Kier alpha value is -2.38. The molecule has 0 saturated carbocycles. The third-order valence-corrected chi connectivity index (χ3v) is 5.12. The molecule has 3 aromatic rings. The highest BCUT2D eigenvalue weighted by atomic mass is 32.2. The molecular formula is C18H17N3O2S2. The summed E-state index contributed by atoms with van der Waals surface area (Å²) in [6.07, 6.45) is 0. The number of aromatic amines is 1. The van der Waals surface area contributed by atoms with Crippen LogP contribution in [0.25, 0.3) is 5.69 Å². The molecule has 0 saturated heterocycles. The molecular weight excluding hydrogens is 354 g/mol. The molecule has 0 aliphatic rings. The Kier molecular flexibility index (Phi) is 5.35. The second-order valence-electron chi connectivity index (χ2n) is 5.55. The van der Waals surface area contributed by atoms with Crippen LogP contribution in [0.1, 0.15) is 27.3 Å². The van der Waals surface area contributed by atoms with Crippen LogP contribution in [0.2, 0.25) is 0 Å². The summed E-state index contributed by atoms with van der Waals surface area (Å²) in [5.74, 6) is 1.45. The Morgan fingerprint density at radius 2 is 1.92 bits per heavy atom.